The number of anilines is 1. The molecule has 0 spiro atoms. The fourth-order valence-electron chi connectivity index (χ4n) is 3.11. The first kappa shape index (κ1) is 25.0. The molecule has 8 nitrogen and oxygen atoms in total. The normalized spacial score (nSPS) is 11.2. The molecular weight excluding hydrogens is 444 g/mol. The second kappa shape index (κ2) is 12.0. The molecule has 3 rings (SSSR count). The van der Waals surface area contributed by atoms with Gasteiger partial charge >= 0.3 is 0 Å². The molecule has 0 radical (unpaired) electrons. The molecule has 0 heterocycles. The summed E-state index contributed by atoms with van der Waals surface area (Å²) in [4.78, 5) is 27.6. The number of phenols is 1. The van der Waals surface area contributed by atoms with Gasteiger partial charge in [0.25, 0.3) is 11.8 Å². The van der Waals surface area contributed by atoms with Gasteiger partial charge in [0.15, 0.2) is 11.5 Å². The lowest BCUT2D eigenvalue weighted by Crippen LogP contribution is -2.32. The number of ether oxygens (including phenoxy) is 1. The van der Waals surface area contributed by atoms with Gasteiger partial charge in [0, 0.05) is 30.9 Å². The summed E-state index contributed by atoms with van der Waals surface area (Å²) in [5.41, 5.74) is 4.92. The van der Waals surface area contributed by atoms with Crippen LogP contribution in [0.15, 0.2) is 83.6 Å². The van der Waals surface area contributed by atoms with Crippen molar-refractivity contribution in [1.29, 1.82) is 0 Å². The van der Waals surface area contributed by atoms with Crippen molar-refractivity contribution in [2.24, 2.45) is 5.10 Å². The SMILES string of the molecule is CCOc1cccc(/C=N\NC(=O)/C(=C/c2ccc(N(C)C)cc2)NC(=O)c2ccccc2)c1O. The number of hydrazone groups is 1. The minimum atomic E-state index is -0.623. The van der Waals surface area contributed by atoms with Gasteiger partial charge in [0.1, 0.15) is 5.70 Å². The minimum Gasteiger partial charge on any atom is -0.504 e. The number of rotatable bonds is 9. The van der Waals surface area contributed by atoms with Crippen LogP contribution in [0.4, 0.5) is 5.69 Å². The molecule has 180 valence electrons. The summed E-state index contributed by atoms with van der Waals surface area (Å²) in [6, 6.07) is 21.1. The average Bonchev–Trinajstić information content (AvgIpc) is 2.86. The van der Waals surface area contributed by atoms with E-state index in [0.717, 1.165) is 11.3 Å². The van der Waals surface area contributed by atoms with Crippen LogP contribution in [0.25, 0.3) is 6.08 Å². The van der Waals surface area contributed by atoms with Crippen LogP contribution < -0.4 is 20.4 Å². The maximum Gasteiger partial charge on any atom is 0.287 e. The molecule has 8 heteroatoms. The topological polar surface area (TPSA) is 103 Å². The van der Waals surface area contributed by atoms with Crippen molar-refractivity contribution in [2.75, 3.05) is 25.6 Å². The van der Waals surface area contributed by atoms with Crippen LogP contribution >= 0.6 is 0 Å². The number of hydrogen-bond acceptors (Lipinski definition) is 6. The molecule has 3 aromatic carbocycles. The molecule has 0 aliphatic heterocycles. The van der Waals surface area contributed by atoms with Crippen molar-refractivity contribution in [3.63, 3.8) is 0 Å². The van der Waals surface area contributed by atoms with E-state index in [-0.39, 0.29) is 11.4 Å². The number of nitrogens with zero attached hydrogens (tertiary/aromatic N) is 2. The van der Waals surface area contributed by atoms with E-state index in [1.54, 1.807) is 54.6 Å². The number of para-hydroxylation sites is 1. The zero-order valence-electron chi connectivity index (χ0n) is 19.9. The zero-order valence-corrected chi connectivity index (χ0v) is 19.9. The average molecular weight is 473 g/mol. The molecule has 35 heavy (non-hydrogen) atoms. The Labute approximate surface area is 204 Å². The predicted molar refractivity (Wildman–Crippen MR) is 138 cm³/mol. The van der Waals surface area contributed by atoms with E-state index in [1.165, 1.54) is 6.21 Å². The number of nitrogens with one attached hydrogen (secondary N) is 2. The van der Waals surface area contributed by atoms with Crippen molar-refractivity contribution in [2.45, 2.75) is 6.92 Å². The van der Waals surface area contributed by atoms with E-state index in [0.29, 0.717) is 23.5 Å². The summed E-state index contributed by atoms with van der Waals surface area (Å²) < 4.78 is 5.36. The van der Waals surface area contributed by atoms with Crippen LogP contribution in [0.2, 0.25) is 0 Å². The third kappa shape index (κ3) is 6.94. The van der Waals surface area contributed by atoms with Crippen LogP contribution in [-0.2, 0) is 4.79 Å². The van der Waals surface area contributed by atoms with E-state index >= 15 is 0 Å². The standard InChI is InChI=1S/C27H28N4O4/c1-4-35-24-12-8-11-21(25(24)32)18-28-30-27(34)23(29-26(33)20-9-6-5-7-10-20)17-19-13-15-22(16-14-19)31(2)3/h5-18,32H,4H2,1-3H3,(H,29,33)(H,30,34)/b23-17-,28-18-. The quantitative estimate of drug-likeness (QED) is 0.250. The highest BCUT2D eigenvalue weighted by molar-refractivity contribution is 6.05. The first-order valence-corrected chi connectivity index (χ1v) is 11.0. The second-order valence-electron chi connectivity index (χ2n) is 7.69. The van der Waals surface area contributed by atoms with Gasteiger partial charge in [0.2, 0.25) is 0 Å². The van der Waals surface area contributed by atoms with E-state index in [4.69, 9.17) is 4.74 Å². The van der Waals surface area contributed by atoms with E-state index in [9.17, 15) is 14.7 Å². The van der Waals surface area contributed by atoms with E-state index in [2.05, 4.69) is 15.8 Å². The number of carbonyl (C=O) groups is 2. The van der Waals surface area contributed by atoms with Gasteiger partial charge in [0.05, 0.1) is 12.8 Å². The largest absolute Gasteiger partial charge is 0.504 e. The smallest absolute Gasteiger partial charge is 0.287 e. The lowest BCUT2D eigenvalue weighted by atomic mass is 10.1. The lowest BCUT2D eigenvalue weighted by molar-refractivity contribution is -0.117. The van der Waals surface area contributed by atoms with Crippen LogP contribution in [0, 0.1) is 0 Å². The van der Waals surface area contributed by atoms with Gasteiger partial charge in [-0.1, -0.05) is 36.4 Å². The van der Waals surface area contributed by atoms with Gasteiger partial charge in [-0.2, -0.15) is 5.10 Å². The molecular formula is C27H28N4O4. The maximum absolute atomic E-state index is 12.9. The predicted octanol–water partition coefficient (Wildman–Crippen LogP) is 3.78. The molecule has 3 aromatic rings. The van der Waals surface area contributed by atoms with Gasteiger partial charge in [-0.05, 0) is 55.0 Å². The van der Waals surface area contributed by atoms with Crippen molar-refractivity contribution in [3.8, 4) is 11.5 Å². The Bertz CT molecular complexity index is 1220. The summed E-state index contributed by atoms with van der Waals surface area (Å²) in [7, 11) is 3.87. The monoisotopic (exact) mass is 472 g/mol. The number of amides is 2. The molecule has 3 N–H and O–H groups in total. The number of aromatic hydroxyl groups is 1. The molecule has 0 aliphatic rings. The molecule has 0 fully saturated rings. The van der Waals surface area contributed by atoms with Crippen LogP contribution in [-0.4, -0.2) is 43.8 Å². The highest BCUT2D eigenvalue weighted by Gasteiger charge is 2.14. The molecule has 0 unspecified atom stereocenters. The summed E-state index contributed by atoms with van der Waals surface area (Å²) in [5.74, 6) is -0.813. The Kier molecular flexibility index (Phi) is 8.61. The van der Waals surface area contributed by atoms with Gasteiger partial charge < -0.3 is 20.1 Å². The second-order valence-corrected chi connectivity index (χ2v) is 7.69. The molecule has 0 aliphatic carbocycles. The third-order valence-electron chi connectivity index (χ3n) is 4.95. The Balaban J connectivity index is 1.82. The molecule has 0 saturated carbocycles. The lowest BCUT2D eigenvalue weighted by Gasteiger charge is -2.13. The summed E-state index contributed by atoms with van der Waals surface area (Å²) in [6.45, 7) is 2.21. The molecule has 2 amide bonds. The Morgan fingerprint density at radius 1 is 1.00 bits per heavy atom. The minimum absolute atomic E-state index is 0.0147. The molecule has 0 atom stereocenters. The van der Waals surface area contributed by atoms with Crippen molar-refractivity contribution in [3.05, 3.63) is 95.2 Å². The van der Waals surface area contributed by atoms with Gasteiger partial charge in [-0.25, -0.2) is 5.43 Å². The Hall–Kier alpha value is -4.59. The van der Waals surface area contributed by atoms with Crippen LogP contribution in [0.1, 0.15) is 28.4 Å². The Morgan fingerprint density at radius 2 is 1.71 bits per heavy atom. The van der Waals surface area contributed by atoms with E-state index in [1.807, 2.05) is 50.2 Å². The van der Waals surface area contributed by atoms with Crippen molar-refractivity contribution in [1.82, 2.24) is 10.7 Å². The maximum atomic E-state index is 12.9. The fourth-order valence-corrected chi connectivity index (χ4v) is 3.11. The van der Waals surface area contributed by atoms with Gasteiger partial charge in [-0.3, -0.25) is 9.59 Å². The summed E-state index contributed by atoms with van der Waals surface area (Å²) in [5, 5.41) is 16.9. The summed E-state index contributed by atoms with van der Waals surface area (Å²) >= 11 is 0. The number of hydrogen-bond donors (Lipinski definition) is 3. The summed E-state index contributed by atoms with van der Waals surface area (Å²) in [6.07, 6.45) is 2.87. The molecule has 0 bridgehead atoms. The van der Waals surface area contributed by atoms with Crippen LogP contribution in [0.3, 0.4) is 0 Å². The first-order valence-electron chi connectivity index (χ1n) is 11.0. The van der Waals surface area contributed by atoms with E-state index < -0.39 is 11.8 Å². The van der Waals surface area contributed by atoms with Crippen molar-refractivity contribution >= 4 is 29.8 Å². The highest BCUT2D eigenvalue weighted by atomic mass is 16.5. The number of carbonyl (C=O) groups excluding carboxylic acids is 2. The molecule has 0 aromatic heterocycles. The van der Waals surface area contributed by atoms with Crippen molar-refractivity contribution < 1.29 is 19.4 Å². The molecule has 0 saturated heterocycles. The van der Waals surface area contributed by atoms with Crippen LogP contribution in [0.5, 0.6) is 11.5 Å². The number of phenolic OH excluding ortho intramolecular Hbond substituents is 1. The fraction of sp³-hybridized carbons (Fsp3) is 0.148. The number of benzene rings is 3. The first-order chi connectivity index (χ1) is 16.9. The third-order valence-corrected chi connectivity index (χ3v) is 4.95. The Morgan fingerprint density at radius 3 is 2.37 bits per heavy atom. The zero-order chi connectivity index (χ0) is 25.2. The van der Waals surface area contributed by atoms with Gasteiger partial charge in [-0.15, -0.1) is 0 Å². The highest BCUT2D eigenvalue weighted by Crippen LogP contribution is 2.28.